The molecular formula is C20H23N5O3. The van der Waals surface area contributed by atoms with Crippen LogP contribution < -0.4 is 21.1 Å². The number of H-pyrrole nitrogens is 1. The van der Waals surface area contributed by atoms with Crippen molar-refractivity contribution in [2.45, 2.75) is 38.5 Å². The number of amides is 2. The zero-order valence-electron chi connectivity index (χ0n) is 15.7. The summed E-state index contributed by atoms with van der Waals surface area (Å²) in [4.78, 5) is 47.2. The molecule has 1 saturated heterocycles. The third-order valence-electron chi connectivity index (χ3n) is 5.32. The number of carbonyl (C=O) groups excluding carboxylic acids is 2. The van der Waals surface area contributed by atoms with Crippen LogP contribution in [0.5, 0.6) is 0 Å². The van der Waals surface area contributed by atoms with Gasteiger partial charge in [0.2, 0.25) is 17.8 Å². The Labute approximate surface area is 162 Å². The van der Waals surface area contributed by atoms with Gasteiger partial charge in [-0.15, -0.1) is 0 Å². The van der Waals surface area contributed by atoms with Crippen LogP contribution in [0.3, 0.4) is 0 Å². The number of anilines is 3. The molecule has 0 aliphatic carbocycles. The maximum Gasteiger partial charge on any atom is 0.258 e. The molecule has 1 atom stereocenters. The largest absolute Gasteiger partial charge is 0.342 e. The van der Waals surface area contributed by atoms with E-state index in [1.165, 1.54) is 0 Å². The first-order valence-corrected chi connectivity index (χ1v) is 9.64. The number of rotatable bonds is 4. The van der Waals surface area contributed by atoms with E-state index in [9.17, 15) is 14.4 Å². The van der Waals surface area contributed by atoms with Crippen molar-refractivity contribution in [1.82, 2.24) is 9.97 Å². The summed E-state index contributed by atoms with van der Waals surface area (Å²) in [6, 6.07) is 7.51. The van der Waals surface area contributed by atoms with Crippen LogP contribution in [0.1, 0.15) is 43.2 Å². The number of nitrogens with one attached hydrogen (secondary N) is 3. The molecule has 2 aliphatic rings. The van der Waals surface area contributed by atoms with Crippen molar-refractivity contribution in [2.75, 3.05) is 28.6 Å². The quantitative estimate of drug-likeness (QED) is 0.751. The predicted octanol–water partition coefficient (Wildman–Crippen LogP) is 2.00. The second-order valence-corrected chi connectivity index (χ2v) is 7.15. The standard InChI is InChI=1S/C20H23N5O3/c1-2-12-7-3-4-8-14(12)21-18(27)13-11-15(26)22-17-16(13)19(28)24-20(23-17)25-9-5-6-10-25/h3-4,7-8,13H,2,5-6,9-11H2,1H3,(H,21,27)(H2,22,23,24,26,28)/t13-/m1/s1. The molecule has 28 heavy (non-hydrogen) atoms. The molecule has 0 radical (unpaired) electrons. The summed E-state index contributed by atoms with van der Waals surface area (Å²) in [7, 11) is 0. The van der Waals surface area contributed by atoms with E-state index in [0.29, 0.717) is 11.6 Å². The van der Waals surface area contributed by atoms with E-state index in [4.69, 9.17) is 0 Å². The van der Waals surface area contributed by atoms with Crippen molar-refractivity contribution >= 4 is 29.3 Å². The number of aromatic nitrogens is 2. The molecule has 4 rings (SSSR count). The zero-order valence-corrected chi connectivity index (χ0v) is 15.7. The molecule has 8 heteroatoms. The van der Waals surface area contributed by atoms with Crippen LogP contribution in [0, 0.1) is 0 Å². The molecule has 1 aromatic carbocycles. The summed E-state index contributed by atoms with van der Waals surface area (Å²) in [5.74, 6) is -0.942. The Balaban J connectivity index is 1.67. The fourth-order valence-corrected chi connectivity index (χ4v) is 3.83. The van der Waals surface area contributed by atoms with E-state index in [1.54, 1.807) is 0 Å². The number of hydrogen-bond donors (Lipinski definition) is 3. The third-order valence-corrected chi connectivity index (χ3v) is 5.32. The van der Waals surface area contributed by atoms with Crippen LogP contribution in [-0.4, -0.2) is 34.9 Å². The highest BCUT2D eigenvalue weighted by atomic mass is 16.2. The smallest absolute Gasteiger partial charge is 0.258 e. The van der Waals surface area contributed by atoms with Crippen molar-refractivity contribution in [3.8, 4) is 0 Å². The van der Waals surface area contributed by atoms with Crippen molar-refractivity contribution in [3.63, 3.8) is 0 Å². The number of benzene rings is 1. The molecule has 146 valence electrons. The van der Waals surface area contributed by atoms with Gasteiger partial charge in [0.05, 0.1) is 11.5 Å². The molecule has 1 fully saturated rings. The average Bonchev–Trinajstić information content (AvgIpc) is 3.22. The normalized spacial score (nSPS) is 18.5. The maximum atomic E-state index is 13.0. The van der Waals surface area contributed by atoms with Crippen molar-refractivity contribution < 1.29 is 9.59 Å². The SMILES string of the molecule is CCc1ccccc1NC(=O)[C@@H]1CC(=O)Nc2nc(N3CCCC3)[nH]c(=O)c21. The lowest BCUT2D eigenvalue weighted by Gasteiger charge is -2.25. The van der Waals surface area contributed by atoms with Crippen molar-refractivity contribution in [1.29, 1.82) is 0 Å². The number of fused-ring (bicyclic) bond motifs is 1. The van der Waals surface area contributed by atoms with E-state index in [2.05, 4.69) is 20.6 Å². The number of nitrogens with zero attached hydrogens (tertiary/aromatic N) is 2. The molecule has 0 bridgehead atoms. The highest BCUT2D eigenvalue weighted by Gasteiger charge is 2.35. The lowest BCUT2D eigenvalue weighted by molar-refractivity contribution is -0.123. The summed E-state index contributed by atoms with van der Waals surface area (Å²) in [6.45, 7) is 3.63. The number of aromatic amines is 1. The highest BCUT2D eigenvalue weighted by molar-refractivity contribution is 6.04. The first-order chi connectivity index (χ1) is 13.6. The van der Waals surface area contributed by atoms with Crippen LogP contribution >= 0.6 is 0 Å². The van der Waals surface area contributed by atoms with Gasteiger partial charge in [-0.3, -0.25) is 19.4 Å². The lowest BCUT2D eigenvalue weighted by atomic mass is 9.92. The molecule has 2 aromatic rings. The van der Waals surface area contributed by atoms with Gasteiger partial charge in [-0.05, 0) is 30.9 Å². The van der Waals surface area contributed by atoms with Crippen LogP contribution in [0.25, 0.3) is 0 Å². The molecule has 3 N–H and O–H groups in total. The Bertz CT molecular complexity index is 978. The summed E-state index contributed by atoms with van der Waals surface area (Å²) < 4.78 is 0. The molecular weight excluding hydrogens is 358 g/mol. The summed E-state index contributed by atoms with van der Waals surface area (Å²) in [5, 5.41) is 5.54. The number of carbonyl (C=O) groups is 2. The van der Waals surface area contributed by atoms with E-state index < -0.39 is 5.92 Å². The molecule has 1 aromatic heterocycles. The molecule has 0 spiro atoms. The minimum Gasteiger partial charge on any atom is -0.342 e. The van der Waals surface area contributed by atoms with Crippen LogP contribution in [0.15, 0.2) is 29.1 Å². The highest BCUT2D eigenvalue weighted by Crippen LogP contribution is 2.31. The topological polar surface area (TPSA) is 107 Å². The van der Waals surface area contributed by atoms with Crippen LogP contribution in [0.2, 0.25) is 0 Å². The van der Waals surface area contributed by atoms with Crippen LogP contribution in [0.4, 0.5) is 17.5 Å². The molecule has 2 aliphatic heterocycles. The van der Waals surface area contributed by atoms with Gasteiger partial charge in [0.1, 0.15) is 5.82 Å². The number of hydrogen-bond acceptors (Lipinski definition) is 5. The van der Waals surface area contributed by atoms with E-state index in [1.807, 2.05) is 36.1 Å². The minimum absolute atomic E-state index is 0.0824. The molecule has 8 nitrogen and oxygen atoms in total. The Morgan fingerprint density at radius 1 is 1.25 bits per heavy atom. The minimum atomic E-state index is -0.877. The number of para-hydroxylation sites is 1. The van der Waals surface area contributed by atoms with Gasteiger partial charge in [0, 0.05) is 25.2 Å². The zero-order chi connectivity index (χ0) is 19.7. The molecule has 0 saturated carbocycles. The first kappa shape index (κ1) is 18.2. The van der Waals surface area contributed by atoms with Crippen molar-refractivity contribution in [2.24, 2.45) is 0 Å². The second-order valence-electron chi connectivity index (χ2n) is 7.15. The van der Waals surface area contributed by atoms with E-state index in [0.717, 1.165) is 37.9 Å². The molecule has 3 heterocycles. The van der Waals surface area contributed by atoms with Gasteiger partial charge in [-0.1, -0.05) is 25.1 Å². The van der Waals surface area contributed by atoms with Gasteiger partial charge in [-0.25, -0.2) is 0 Å². The van der Waals surface area contributed by atoms with Gasteiger partial charge in [0.25, 0.3) is 5.56 Å². The second kappa shape index (κ2) is 7.46. The van der Waals surface area contributed by atoms with E-state index in [-0.39, 0.29) is 35.2 Å². The summed E-state index contributed by atoms with van der Waals surface area (Å²) >= 11 is 0. The Hall–Kier alpha value is -3.16. The Morgan fingerprint density at radius 3 is 2.75 bits per heavy atom. The van der Waals surface area contributed by atoms with Crippen molar-refractivity contribution in [3.05, 3.63) is 45.7 Å². The van der Waals surface area contributed by atoms with Crippen LogP contribution in [-0.2, 0) is 16.0 Å². The van der Waals surface area contributed by atoms with Gasteiger partial charge >= 0.3 is 0 Å². The fraction of sp³-hybridized carbons (Fsp3) is 0.400. The van der Waals surface area contributed by atoms with Gasteiger partial charge in [0.15, 0.2) is 0 Å². The fourth-order valence-electron chi connectivity index (χ4n) is 3.83. The number of aryl methyl sites for hydroxylation is 1. The summed E-state index contributed by atoms with van der Waals surface area (Å²) in [5.41, 5.74) is 1.53. The van der Waals surface area contributed by atoms with Gasteiger partial charge < -0.3 is 15.5 Å². The first-order valence-electron chi connectivity index (χ1n) is 9.64. The Morgan fingerprint density at radius 2 is 2.00 bits per heavy atom. The maximum absolute atomic E-state index is 13.0. The molecule has 2 amide bonds. The third kappa shape index (κ3) is 3.37. The summed E-state index contributed by atoms with van der Waals surface area (Å²) in [6.07, 6.45) is 2.75. The van der Waals surface area contributed by atoms with E-state index >= 15 is 0 Å². The molecule has 0 unspecified atom stereocenters. The monoisotopic (exact) mass is 381 g/mol. The Kier molecular flexibility index (Phi) is 4.85. The average molecular weight is 381 g/mol. The van der Waals surface area contributed by atoms with Gasteiger partial charge in [-0.2, -0.15) is 4.98 Å². The lowest BCUT2D eigenvalue weighted by Crippen LogP contribution is -2.37. The predicted molar refractivity (Wildman–Crippen MR) is 107 cm³/mol.